The van der Waals surface area contributed by atoms with Crippen molar-refractivity contribution in [1.29, 1.82) is 0 Å². The van der Waals surface area contributed by atoms with Gasteiger partial charge in [0.2, 0.25) is 0 Å². The second-order valence-corrected chi connectivity index (χ2v) is 5.39. The summed E-state index contributed by atoms with van der Waals surface area (Å²) in [6.07, 6.45) is 0. The Morgan fingerprint density at radius 1 is 1.00 bits per heavy atom. The Balaban J connectivity index is 1.92. The van der Waals surface area contributed by atoms with E-state index in [2.05, 4.69) is 58.7 Å². The van der Waals surface area contributed by atoms with Gasteiger partial charge in [0.1, 0.15) is 0 Å². The maximum Gasteiger partial charge on any atom is 0.153 e. The lowest BCUT2D eigenvalue weighted by Gasteiger charge is -2.32. The molecule has 3 heteroatoms. The van der Waals surface area contributed by atoms with E-state index in [-0.39, 0.29) is 0 Å². The van der Waals surface area contributed by atoms with Crippen molar-refractivity contribution in [2.75, 3.05) is 10.2 Å². The van der Waals surface area contributed by atoms with Gasteiger partial charge < -0.3 is 10.2 Å². The molecule has 1 atom stereocenters. The highest BCUT2D eigenvalue weighted by Crippen LogP contribution is 2.48. The number of nitrogens with one attached hydrogen (secondary N) is 1. The van der Waals surface area contributed by atoms with Gasteiger partial charge in [0, 0.05) is 11.4 Å². The van der Waals surface area contributed by atoms with Gasteiger partial charge >= 0.3 is 0 Å². The molecular formula is C14H12N2S. The minimum atomic E-state index is 0.349. The van der Waals surface area contributed by atoms with Crippen LogP contribution in [0.4, 0.5) is 17.1 Å². The highest BCUT2D eigenvalue weighted by Gasteiger charge is 2.34. The minimum Gasteiger partial charge on any atom is -0.355 e. The van der Waals surface area contributed by atoms with Gasteiger partial charge in [-0.25, -0.2) is 0 Å². The summed E-state index contributed by atoms with van der Waals surface area (Å²) in [6, 6.07) is 17.2. The Labute approximate surface area is 105 Å². The van der Waals surface area contributed by atoms with Gasteiger partial charge in [-0.05, 0) is 23.8 Å². The molecule has 1 unspecified atom stereocenters. The fraction of sp³-hybridized carbons (Fsp3) is 0.143. The molecule has 0 amide bonds. The van der Waals surface area contributed by atoms with Crippen molar-refractivity contribution in [2.45, 2.75) is 11.3 Å². The molecule has 0 bridgehead atoms. The molecule has 0 aliphatic carbocycles. The quantitative estimate of drug-likeness (QED) is 0.754. The predicted molar refractivity (Wildman–Crippen MR) is 73.7 cm³/mol. The van der Waals surface area contributed by atoms with E-state index in [0.717, 1.165) is 5.75 Å². The molecule has 0 saturated carbocycles. The Kier molecular flexibility index (Phi) is 1.91. The summed E-state index contributed by atoms with van der Waals surface area (Å²) in [5.41, 5.74) is 5.64. The van der Waals surface area contributed by atoms with E-state index >= 15 is 0 Å². The van der Waals surface area contributed by atoms with E-state index in [0.29, 0.717) is 5.50 Å². The zero-order valence-electron chi connectivity index (χ0n) is 9.26. The van der Waals surface area contributed by atoms with Gasteiger partial charge in [0.05, 0.1) is 11.4 Å². The topological polar surface area (TPSA) is 15.3 Å². The molecule has 1 N–H and O–H groups in total. The van der Waals surface area contributed by atoms with Gasteiger partial charge in [0.15, 0.2) is 5.50 Å². The van der Waals surface area contributed by atoms with Crippen molar-refractivity contribution in [3.05, 3.63) is 54.1 Å². The Morgan fingerprint density at radius 3 is 2.71 bits per heavy atom. The van der Waals surface area contributed by atoms with Gasteiger partial charge in [-0.2, -0.15) is 0 Å². The van der Waals surface area contributed by atoms with Gasteiger partial charge in [-0.3, -0.25) is 0 Å². The molecule has 2 heterocycles. The van der Waals surface area contributed by atoms with Crippen molar-refractivity contribution in [2.24, 2.45) is 0 Å². The summed E-state index contributed by atoms with van der Waals surface area (Å²) in [5.74, 6) is 1.08. The third-order valence-corrected chi connectivity index (χ3v) is 4.45. The molecule has 84 valence electrons. The molecule has 4 rings (SSSR count). The molecule has 2 aromatic carbocycles. The second-order valence-electron chi connectivity index (χ2n) is 4.32. The summed E-state index contributed by atoms with van der Waals surface area (Å²) in [4.78, 5) is 2.40. The average Bonchev–Trinajstić information content (AvgIpc) is 2.77. The normalized spacial score (nSPS) is 20.2. The number of thioether (sulfide) groups is 1. The number of nitrogens with zero attached hydrogens (tertiary/aromatic N) is 1. The molecule has 17 heavy (non-hydrogen) atoms. The SMILES string of the molecule is c1ccc2c(c1)CSC1Nc3ccccc3N21. The van der Waals surface area contributed by atoms with Crippen molar-refractivity contribution in [3.8, 4) is 0 Å². The van der Waals surface area contributed by atoms with Crippen LogP contribution in [0.5, 0.6) is 0 Å². The molecule has 0 saturated heterocycles. The number of benzene rings is 2. The number of rotatable bonds is 0. The molecule has 0 aromatic heterocycles. The fourth-order valence-electron chi connectivity index (χ4n) is 2.54. The Morgan fingerprint density at radius 2 is 1.76 bits per heavy atom. The number of anilines is 3. The van der Waals surface area contributed by atoms with Crippen LogP contribution in [0.15, 0.2) is 48.5 Å². The minimum absolute atomic E-state index is 0.349. The average molecular weight is 240 g/mol. The maximum atomic E-state index is 3.57. The zero-order chi connectivity index (χ0) is 11.2. The lowest BCUT2D eigenvalue weighted by molar-refractivity contribution is 0.995. The van der Waals surface area contributed by atoms with E-state index in [4.69, 9.17) is 0 Å². The summed E-state index contributed by atoms with van der Waals surface area (Å²) >= 11 is 1.95. The van der Waals surface area contributed by atoms with Crippen LogP contribution in [-0.2, 0) is 5.75 Å². The van der Waals surface area contributed by atoms with Crippen molar-refractivity contribution < 1.29 is 0 Å². The van der Waals surface area contributed by atoms with Crippen LogP contribution in [0.3, 0.4) is 0 Å². The standard InChI is InChI=1S/C14H12N2S/c1-3-7-12-10(5-1)9-17-14-15-11-6-2-4-8-13(11)16(12)14/h1-8,14-15H,9H2. The Hall–Kier alpha value is -1.61. The van der Waals surface area contributed by atoms with Crippen LogP contribution in [0.2, 0.25) is 0 Å². The number of hydrogen-bond donors (Lipinski definition) is 1. The lowest BCUT2D eigenvalue weighted by Crippen LogP contribution is -2.32. The van der Waals surface area contributed by atoms with Crippen LogP contribution in [0, 0.1) is 0 Å². The van der Waals surface area contributed by atoms with Gasteiger partial charge in [-0.1, -0.05) is 30.3 Å². The lowest BCUT2D eigenvalue weighted by atomic mass is 10.1. The highest BCUT2D eigenvalue weighted by atomic mass is 32.2. The molecule has 0 spiro atoms. The van der Waals surface area contributed by atoms with Crippen LogP contribution >= 0.6 is 11.8 Å². The van der Waals surface area contributed by atoms with Crippen molar-refractivity contribution in [3.63, 3.8) is 0 Å². The van der Waals surface area contributed by atoms with Crippen molar-refractivity contribution in [1.82, 2.24) is 0 Å². The molecule has 0 fully saturated rings. The first-order valence-electron chi connectivity index (χ1n) is 5.78. The Bertz CT molecular complexity index is 582. The molecular weight excluding hydrogens is 228 g/mol. The first-order valence-corrected chi connectivity index (χ1v) is 6.83. The largest absolute Gasteiger partial charge is 0.355 e. The first-order chi connectivity index (χ1) is 8.43. The molecule has 2 aromatic rings. The predicted octanol–water partition coefficient (Wildman–Crippen LogP) is 3.78. The number of para-hydroxylation sites is 3. The fourth-order valence-corrected chi connectivity index (χ4v) is 3.71. The van der Waals surface area contributed by atoms with Gasteiger partial charge in [0.25, 0.3) is 0 Å². The smallest absolute Gasteiger partial charge is 0.153 e. The van der Waals surface area contributed by atoms with Crippen LogP contribution in [0.25, 0.3) is 0 Å². The van der Waals surface area contributed by atoms with Crippen LogP contribution in [0.1, 0.15) is 5.56 Å². The van der Waals surface area contributed by atoms with Gasteiger partial charge in [-0.15, -0.1) is 11.8 Å². The molecule has 2 aliphatic rings. The first kappa shape index (κ1) is 9.42. The summed E-state index contributed by atoms with van der Waals surface area (Å²) in [5, 5.41) is 3.57. The maximum absolute atomic E-state index is 3.57. The summed E-state index contributed by atoms with van der Waals surface area (Å²) in [6.45, 7) is 0. The van der Waals surface area contributed by atoms with Crippen LogP contribution < -0.4 is 10.2 Å². The zero-order valence-corrected chi connectivity index (χ0v) is 10.1. The summed E-state index contributed by atoms with van der Waals surface area (Å²) in [7, 11) is 0. The van der Waals surface area contributed by atoms with E-state index in [1.165, 1.54) is 22.6 Å². The summed E-state index contributed by atoms with van der Waals surface area (Å²) < 4.78 is 0. The van der Waals surface area contributed by atoms with Crippen LogP contribution in [-0.4, -0.2) is 5.50 Å². The molecule has 2 nitrogen and oxygen atoms in total. The second kappa shape index (κ2) is 3.44. The number of hydrogen-bond acceptors (Lipinski definition) is 3. The third kappa shape index (κ3) is 1.29. The highest BCUT2D eigenvalue weighted by molar-refractivity contribution is 7.99. The van der Waals surface area contributed by atoms with E-state index < -0.39 is 0 Å². The molecule has 0 radical (unpaired) electrons. The van der Waals surface area contributed by atoms with E-state index in [1.54, 1.807) is 0 Å². The van der Waals surface area contributed by atoms with Crippen molar-refractivity contribution >= 4 is 28.8 Å². The third-order valence-electron chi connectivity index (χ3n) is 3.32. The number of fused-ring (bicyclic) bond motifs is 5. The van der Waals surface area contributed by atoms with E-state index in [9.17, 15) is 0 Å². The molecule has 2 aliphatic heterocycles. The van der Waals surface area contributed by atoms with E-state index in [1.807, 2.05) is 11.8 Å². The monoisotopic (exact) mass is 240 g/mol.